The van der Waals surface area contributed by atoms with Gasteiger partial charge in [-0.05, 0) is 0 Å². The molecule has 0 aliphatic heterocycles. The van der Waals surface area contributed by atoms with Gasteiger partial charge in [-0.2, -0.15) is 0 Å². The minimum absolute atomic E-state index is 0.194. The highest BCUT2D eigenvalue weighted by molar-refractivity contribution is 6.45. The van der Waals surface area contributed by atoms with Gasteiger partial charge in [0.25, 0.3) is 0 Å². The smallest absolute Gasteiger partial charge is 0.0967 e. The topological polar surface area (TPSA) is 20.2 Å². The normalized spacial score (nSPS) is 5.89. The first-order valence-corrected chi connectivity index (χ1v) is 29.3. The lowest BCUT2D eigenvalue weighted by Crippen LogP contribution is -1.25. The lowest BCUT2D eigenvalue weighted by Gasteiger charge is -1.42. The van der Waals surface area contributed by atoms with Crippen molar-refractivity contribution in [1.82, 2.24) is 0 Å². The van der Waals surface area contributed by atoms with E-state index in [-0.39, 0.29) is 96.1 Å². The lowest BCUT2D eigenvalue weighted by atomic mass is 11.8. The van der Waals surface area contributed by atoms with Crippen LogP contribution in [0.5, 0.6) is 0 Å². The van der Waals surface area contributed by atoms with Gasteiger partial charge in [-0.1, -0.05) is 0 Å². The zero-order valence-corrected chi connectivity index (χ0v) is 55.0. The van der Waals surface area contributed by atoms with Crippen LogP contribution < -0.4 is 0 Å². The number of aliphatic hydroxyl groups is 1. The Labute approximate surface area is 517 Å². The maximum absolute atomic E-state index is 7.00. The molecule has 0 aliphatic rings. The molecular weight excluding hydrogens is 1520 g/mol. The van der Waals surface area contributed by atoms with E-state index in [1.807, 2.05) is 0 Å². The highest BCUT2D eigenvalue weighted by Crippen LogP contribution is 1.78. The van der Waals surface area contributed by atoms with Crippen molar-refractivity contribution in [3.05, 3.63) is 0 Å². The number of rotatable bonds is 0. The van der Waals surface area contributed by atoms with Gasteiger partial charge in [-0.15, -0.1) is 418 Å². The minimum atomic E-state index is 0.194. The van der Waals surface area contributed by atoms with Crippen molar-refractivity contribution in [1.29, 1.82) is 0 Å². The minimum Gasteiger partial charge on any atom is -0.400 e. The molecular formula is C19H40Cl36O. The average molecular weight is 1560 g/mol. The van der Waals surface area contributed by atoms with Gasteiger partial charge in [0.2, 0.25) is 0 Å². The molecule has 0 rings (SSSR count). The third-order valence-corrected chi connectivity index (χ3v) is 0. The maximum atomic E-state index is 7.00. The van der Waals surface area contributed by atoms with E-state index in [1.165, 1.54) is 0 Å². The third kappa shape index (κ3) is 2390. The summed E-state index contributed by atoms with van der Waals surface area (Å²) in [6, 6.07) is 0. The summed E-state index contributed by atoms with van der Waals surface area (Å²) in [5.74, 6) is 0. The van der Waals surface area contributed by atoms with E-state index < -0.39 is 0 Å². The fourth-order valence-electron chi connectivity index (χ4n) is 0. The Morgan fingerprint density at radius 2 is 0.125 bits per heavy atom. The summed E-state index contributed by atoms with van der Waals surface area (Å²) in [4.78, 5) is 0. The van der Waals surface area contributed by atoms with Crippen LogP contribution in [0.2, 0.25) is 0 Å². The summed E-state index contributed by atoms with van der Waals surface area (Å²) >= 11 is 171. The van der Waals surface area contributed by atoms with Gasteiger partial charge in [-0.25, -0.2) is 0 Å². The molecule has 0 aliphatic carbocycles. The van der Waals surface area contributed by atoms with Gasteiger partial charge >= 0.3 is 0 Å². The first-order chi connectivity index (χ1) is 26.5. The molecule has 0 spiro atoms. The maximum Gasteiger partial charge on any atom is 0.0967 e. The first kappa shape index (κ1) is 126. The van der Waals surface area contributed by atoms with Gasteiger partial charge in [0.05, 0.1) is 96.1 Å². The number of alkyl halides is 36. The van der Waals surface area contributed by atoms with Crippen LogP contribution in [0.15, 0.2) is 0 Å². The highest BCUT2D eigenvalue weighted by atomic mass is 35.6. The van der Waals surface area contributed by atoms with E-state index in [0.29, 0.717) is 0 Å². The van der Waals surface area contributed by atoms with Crippen LogP contribution in [0, 0.1) is 0 Å². The summed E-state index contributed by atoms with van der Waals surface area (Å²) in [6.07, 6.45) is 0. The molecule has 0 bridgehead atoms. The van der Waals surface area contributed by atoms with Gasteiger partial charge in [-0.3, -0.25) is 0 Å². The van der Waals surface area contributed by atoms with Crippen molar-refractivity contribution in [2.45, 2.75) is 0 Å². The predicted octanol–water partition coefficient (Wildman–Crippen LogP) is 25.2. The molecule has 1 N–H and O–H groups in total. The lowest BCUT2D eigenvalue weighted by molar-refractivity contribution is 0.399. The molecule has 37 heteroatoms. The number of hydrogen-bond donors (Lipinski definition) is 1. The summed E-state index contributed by atoms with van der Waals surface area (Å²) < 4.78 is 0. The standard InChI is InChI=1S/18CH2Cl2.CH4O/c18*2-1-3;1-2/h18*1H2;2H,1H3. The van der Waals surface area contributed by atoms with Gasteiger partial charge < -0.3 is 5.11 Å². The molecule has 0 amide bonds. The summed E-state index contributed by atoms with van der Waals surface area (Å²) in [7, 11) is 1.00. The zero-order chi connectivity index (χ0) is 50.7. The molecule has 0 saturated carbocycles. The van der Waals surface area contributed by atoms with E-state index in [2.05, 4.69) is 0 Å². The summed E-state index contributed by atoms with van der Waals surface area (Å²) in [6.45, 7) is 0. The molecule has 56 heavy (non-hydrogen) atoms. The van der Waals surface area contributed by atoms with Gasteiger partial charge in [0, 0.05) is 7.11 Å². The van der Waals surface area contributed by atoms with Crippen LogP contribution in [0.25, 0.3) is 0 Å². The fourth-order valence-corrected chi connectivity index (χ4v) is 0. The van der Waals surface area contributed by atoms with Crippen molar-refractivity contribution >= 4 is 418 Å². The number of halogens is 36. The third-order valence-electron chi connectivity index (χ3n) is 0. The Bertz CT molecular complexity index is 133. The van der Waals surface area contributed by atoms with Crippen molar-refractivity contribution in [3.8, 4) is 0 Å². The van der Waals surface area contributed by atoms with Gasteiger partial charge in [0.1, 0.15) is 0 Å². The Balaban J connectivity index is -0.0000000152. The van der Waals surface area contributed by atoms with Crippen LogP contribution in [0.3, 0.4) is 0 Å². The SMILES string of the molecule is CO.ClCCl.ClCCl.ClCCl.ClCCl.ClCCl.ClCCl.ClCCl.ClCCl.ClCCl.ClCCl.ClCCl.ClCCl.ClCCl.ClCCl.ClCCl.ClCCl.ClCCl.ClCCl. The van der Waals surface area contributed by atoms with E-state index in [1.54, 1.807) is 0 Å². The second-order valence-electron chi connectivity index (χ2n) is 1.82. The molecule has 0 heterocycles. The first-order valence-electron chi connectivity index (χ1n) is 10.1. The second-order valence-corrected chi connectivity index (χ2v) is 16.4. The van der Waals surface area contributed by atoms with Crippen molar-refractivity contribution in [2.24, 2.45) is 0 Å². The van der Waals surface area contributed by atoms with E-state index in [4.69, 9.17) is 423 Å². The van der Waals surface area contributed by atoms with E-state index in [0.717, 1.165) is 7.11 Å². The molecule has 0 fully saturated rings. The monoisotopic (exact) mass is 1540 g/mol. The van der Waals surface area contributed by atoms with Crippen LogP contribution in [-0.2, 0) is 0 Å². The second kappa shape index (κ2) is 336. The molecule has 0 aromatic heterocycles. The molecule has 0 unspecified atom stereocenters. The molecule has 0 radical (unpaired) electrons. The quantitative estimate of drug-likeness (QED) is 0.240. The predicted molar refractivity (Wildman–Crippen MR) is 306 cm³/mol. The average Bonchev–Trinajstić information content (AvgIpc) is 3.09. The molecule has 0 aromatic rings. The zero-order valence-electron chi connectivity index (χ0n) is 27.8. The van der Waals surface area contributed by atoms with Crippen molar-refractivity contribution < 1.29 is 5.11 Å². The van der Waals surface area contributed by atoms with Gasteiger partial charge in [0.15, 0.2) is 0 Å². The number of hydrogen-bond acceptors (Lipinski definition) is 1. The summed E-state index contributed by atoms with van der Waals surface area (Å²) in [5.41, 5.74) is 0. The summed E-state index contributed by atoms with van der Waals surface area (Å²) in [5, 5.41) is 10.5. The number of aliphatic hydroxyl groups excluding tert-OH is 1. The van der Waals surface area contributed by atoms with Crippen molar-refractivity contribution in [2.75, 3.05) is 103 Å². The molecule has 374 valence electrons. The Morgan fingerprint density at radius 3 is 0.125 bits per heavy atom. The molecule has 0 aromatic carbocycles. The molecule has 0 saturated heterocycles. The van der Waals surface area contributed by atoms with Crippen LogP contribution in [0.1, 0.15) is 0 Å². The van der Waals surface area contributed by atoms with Crippen LogP contribution in [0.4, 0.5) is 0 Å². The fraction of sp³-hybridized carbons (Fsp3) is 1.00. The Kier molecular flexibility index (Phi) is 759. The van der Waals surface area contributed by atoms with E-state index in [9.17, 15) is 0 Å². The van der Waals surface area contributed by atoms with E-state index >= 15 is 0 Å². The highest BCUT2D eigenvalue weighted by Gasteiger charge is 1.46. The molecule has 0 atom stereocenters. The Hall–Kier alpha value is 10.4. The van der Waals surface area contributed by atoms with Crippen LogP contribution >= 0.6 is 418 Å². The van der Waals surface area contributed by atoms with Crippen LogP contribution in [-0.4, -0.2) is 108 Å². The van der Waals surface area contributed by atoms with Crippen molar-refractivity contribution in [3.63, 3.8) is 0 Å². The largest absolute Gasteiger partial charge is 0.400 e. The Morgan fingerprint density at radius 1 is 0.125 bits per heavy atom. The molecule has 1 nitrogen and oxygen atoms in total.